The molecule has 0 spiro atoms. The van der Waals surface area contributed by atoms with Crippen molar-refractivity contribution in [2.45, 2.75) is 32.4 Å². The van der Waals surface area contributed by atoms with Crippen LogP contribution in [0, 0.1) is 23.2 Å². The first kappa shape index (κ1) is 15.2. The molecular weight excluding hydrogens is 236 g/mol. The zero-order chi connectivity index (χ0) is 14.1. The van der Waals surface area contributed by atoms with E-state index in [1.807, 2.05) is 32.2 Å². The number of nitrogens with zero attached hydrogens (tertiary/aromatic N) is 2. The molecule has 3 heteroatoms. The Kier molecular flexibility index (Phi) is 6.68. The fourth-order valence-electron chi connectivity index (χ4n) is 1.71. The molecule has 0 fully saturated rings. The predicted octanol–water partition coefficient (Wildman–Crippen LogP) is 2.15. The quantitative estimate of drug-likeness (QED) is 0.821. The van der Waals surface area contributed by atoms with Crippen LogP contribution in [0.1, 0.15) is 30.9 Å². The van der Waals surface area contributed by atoms with Gasteiger partial charge in [-0.25, -0.2) is 0 Å². The molecule has 0 heterocycles. The third-order valence-electron chi connectivity index (χ3n) is 3.04. The van der Waals surface area contributed by atoms with Crippen molar-refractivity contribution in [3.05, 3.63) is 35.4 Å². The van der Waals surface area contributed by atoms with Gasteiger partial charge in [0, 0.05) is 24.6 Å². The summed E-state index contributed by atoms with van der Waals surface area (Å²) in [4.78, 5) is 2.15. The summed E-state index contributed by atoms with van der Waals surface area (Å²) >= 11 is 0. The largest absolute Gasteiger partial charge is 0.395 e. The van der Waals surface area contributed by atoms with Crippen molar-refractivity contribution in [2.24, 2.45) is 0 Å². The average molecular weight is 256 g/mol. The van der Waals surface area contributed by atoms with E-state index in [4.69, 9.17) is 10.4 Å². The van der Waals surface area contributed by atoms with Gasteiger partial charge in [-0.1, -0.05) is 30.0 Å². The molecule has 1 aromatic rings. The minimum Gasteiger partial charge on any atom is -0.395 e. The topological polar surface area (TPSA) is 47.3 Å². The van der Waals surface area contributed by atoms with Crippen LogP contribution < -0.4 is 0 Å². The molecule has 1 rings (SSSR count). The minimum absolute atomic E-state index is 0.0915. The van der Waals surface area contributed by atoms with Gasteiger partial charge in [0.15, 0.2) is 0 Å². The Morgan fingerprint density at radius 3 is 2.79 bits per heavy atom. The number of benzene rings is 1. The van der Waals surface area contributed by atoms with Crippen LogP contribution in [0.25, 0.3) is 0 Å². The molecule has 0 amide bonds. The van der Waals surface area contributed by atoms with Gasteiger partial charge in [0.05, 0.1) is 19.1 Å². The number of aliphatic hydroxyl groups is 1. The van der Waals surface area contributed by atoms with Crippen LogP contribution in [-0.4, -0.2) is 29.7 Å². The number of hydrogen-bond acceptors (Lipinski definition) is 3. The third kappa shape index (κ3) is 5.14. The van der Waals surface area contributed by atoms with Gasteiger partial charge in [-0.05, 0) is 25.6 Å². The molecule has 100 valence electrons. The highest BCUT2D eigenvalue weighted by Gasteiger charge is 2.10. The fourth-order valence-corrected chi connectivity index (χ4v) is 1.71. The van der Waals surface area contributed by atoms with Crippen molar-refractivity contribution in [2.75, 3.05) is 13.7 Å². The summed E-state index contributed by atoms with van der Waals surface area (Å²) in [5, 5.41) is 17.5. The number of hydrogen-bond donors (Lipinski definition) is 1. The molecule has 1 N–H and O–H groups in total. The lowest BCUT2D eigenvalue weighted by Gasteiger charge is -2.23. The molecule has 1 atom stereocenters. The highest BCUT2D eigenvalue weighted by molar-refractivity contribution is 5.41. The van der Waals surface area contributed by atoms with Gasteiger partial charge in [-0.3, -0.25) is 4.90 Å². The Balaban J connectivity index is 2.79. The third-order valence-corrected chi connectivity index (χ3v) is 3.04. The van der Waals surface area contributed by atoms with Crippen molar-refractivity contribution in [3.63, 3.8) is 0 Å². The second-order valence-electron chi connectivity index (χ2n) is 4.56. The molecule has 3 nitrogen and oxygen atoms in total. The molecule has 1 unspecified atom stereocenters. The molecule has 0 aliphatic rings. The van der Waals surface area contributed by atoms with E-state index in [9.17, 15) is 0 Å². The molecule has 0 saturated heterocycles. The Hall–Kier alpha value is -1.81. The van der Waals surface area contributed by atoms with E-state index in [1.54, 1.807) is 0 Å². The first-order chi connectivity index (χ1) is 9.19. The van der Waals surface area contributed by atoms with E-state index in [0.717, 1.165) is 17.7 Å². The van der Waals surface area contributed by atoms with E-state index < -0.39 is 0 Å². The lowest BCUT2D eigenvalue weighted by atomic mass is 10.1. The highest BCUT2D eigenvalue weighted by atomic mass is 16.2. The molecular formula is C16H20N2O. The van der Waals surface area contributed by atoms with Gasteiger partial charge >= 0.3 is 0 Å². The van der Waals surface area contributed by atoms with E-state index in [0.29, 0.717) is 12.8 Å². The van der Waals surface area contributed by atoms with Crippen molar-refractivity contribution in [1.29, 1.82) is 5.26 Å². The summed E-state index contributed by atoms with van der Waals surface area (Å²) in [6.07, 6.45) is 1.02. The molecule has 19 heavy (non-hydrogen) atoms. The van der Waals surface area contributed by atoms with Gasteiger partial charge in [-0.2, -0.15) is 5.26 Å². The van der Waals surface area contributed by atoms with Gasteiger partial charge in [0.2, 0.25) is 0 Å². The average Bonchev–Trinajstić information content (AvgIpc) is 2.41. The molecule has 0 aliphatic carbocycles. The first-order valence-electron chi connectivity index (χ1n) is 6.44. The van der Waals surface area contributed by atoms with E-state index in [2.05, 4.69) is 28.9 Å². The standard InChI is InChI=1S/C16H20N2O/c1-14(10-11-17)18(2)13-16-9-4-3-7-15(16)8-5-6-12-19/h3-4,7,9,14,19H,6,10,12-13H2,1-2H3. The molecule has 1 aromatic carbocycles. The van der Waals surface area contributed by atoms with Gasteiger partial charge < -0.3 is 5.11 Å². The van der Waals surface area contributed by atoms with Crippen LogP contribution >= 0.6 is 0 Å². The molecule has 0 radical (unpaired) electrons. The number of nitriles is 1. The van der Waals surface area contributed by atoms with E-state index in [-0.39, 0.29) is 12.6 Å². The van der Waals surface area contributed by atoms with Crippen LogP contribution in [0.3, 0.4) is 0 Å². The zero-order valence-electron chi connectivity index (χ0n) is 11.6. The zero-order valence-corrected chi connectivity index (χ0v) is 11.6. The summed E-state index contributed by atoms with van der Waals surface area (Å²) in [6, 6.07) is 10.4. The van der Waals surface area contributed by atoms with Crippen molar-refractivity contribution in [1.82, 2.24) is 4.90 Å². The maximum atomic E-state index is 8.75. The summed E-state index contributed by atoms with van der Waals surface area (Å²) in [7, 11) is 2.01. The monoisotopic (exact) mass is 256 g/mol. The number of aliphatic hydroxyl groups excluding tert-OH is 1. The Bertz CT molecular complexity index is 493. The lowest BCUT2D eigenvalue weighted by Crippen LogP contribution is -2.28. The summed E-state index contributed by atoms with van der Waals surface area (Å²) in [5.41, 5.74) is 2.15. The molecule has 0 aromatic heterocycles. The van der Waals surface area contributed by atoms with Gasteiger partial charge in [0.25, 0.3) is 0 Å². The van der Waals surface area contributed by atoms with Crippen LogP contribution in [0.15, 0.2) is 24.3 Å². The first-order valence-corrected chi connectivity index (χ1v) is 6.44. The molecule has 0 bridgehead atoms. The lowest BCUT2D eigenvalue weighted by molar-refractivity contribution is 0.252. The summed E-state index contributed by atoms with van der Waals surface area (Å²) < 4.78 is 0. The Morgan fingerprint density at radius 1 is 1.37 bits per heavy atom. The highest BCUT2D eigenvalue weighted by Crippen LogP contribution is 2.12. The predicted molar refractivity (Wildman–Crippen MR) is 76.2 cm³/mol. The number of rotatable bonds is 5. The smallest absolute Gasteiger partial charge is 0.0638 e. The summed E-state index contributed by atoms with van der Waals surface area (Å²) in [5.74, 6) is 6.04. The van der Waals surface area contributed by atoms with Crippen LogP contribution in [0.4, 0.5) is 0 Å². The van der Waals surface area contributed by atoms with Gasteiger partial charge in [0.1, 0.15) is 0 Å². The maximum absolute atomic E-state index is 8.75. The SMILES string of the molecule is CC(CC#N)N(C)Cc1ccccc1C#CCCO. The van der Waals surface area contributed by atoms with Crippen molar-refractivity contribution in [3.8, 4) is 17.9 Å². The maximum Gasteiger partial charge on any atom is 0.0638 e. The second kappa shape index (κ2) is 8.32. The van der Waals surface area contributed by atoms with Crippen LogP contribution in [0.2, 0.25) is 0 Å². The van der Waals surface area contributed by atoms with Crippen LogP contribution in [-0.2, 0) is 6.54 Å². The fraction of sp³-hybridized carbons (Fsp3) is 0.438. The Labute approximate surface area is 115 Å². The van der Waals surface area contributed by atoms with E-state index >= 15 is 0 Å². The van der Waals surface area contributed by atoms with Crippen molar-refractivity contribution < 1.29 is 5.11 Å². The van der Waals surface area contributed by atoms with Crippen molar-refractivity contribution >= 4 is 0 Å². The van der Waals surface area contributed by atoms with Gasteiger partial charge in [-0.15, -0.1) is 0 Å². The Morgan fingerprint density at radius 2 is 2.11 bits per heavy atom. The molecule has 0 aliphatic heterocycles. The minimum atomic E-state index is 0.0915. The van der Waals surface area contributed by atoms with E-state index in [1.165, 1.54) is 0 Å². The molecule has 0 saturated carbocycles. The summed E-state index contributed by atoms with van der Waals surface area (Å²) in [6.45, 7) is 2.91. The normalized spacial score (nSPS) is 11.5. The van der Waals surface area contributed by atoms with Crippen LogP contribution in [0.5, 0.6) is 0 Å². The second-order valence-corrected chi connectivity index (χ2v) is 4.56.